The van der Waals surface area contributed by atoms with Gasteiger partial charge in [-0.15, -0.1) is 0 Å². The van der Waals surface area contributed by atoms with Crippen molar-refractivity contribution in [3.63, 3.8) is 0 Å². The number of carboxylic acid groups (broad SMARTS) is 2. The molecule has 0 fully saturated rings. The molecule has 0 spiro atoms. The minimum atomic E-state index is -1.18. The summed E-state index contributed by atoms with van der Waals surface area (Å²) in [7, 11) is 0. The van der Waals surface area contributed by atoms with Gasteiger partial charge in [-0.05, 0) is 51.0 Å². The Morgan fingerprint density at radius 1 is 1.00 bits per heavy atom. The molecular formula is C25H29Cl2FK2N4O9. The van der Waals surface area contributed by atoms with Crippen LogP contribution in [0.4, 0.5) is 21.5 Å². The maximum absolute atomic E-state index is 12.7. The molecule has 7 N–H and O–H groups in total. The van der Waals surface area contributed by atoms with Gasteiger partial charge in [0, 0.05) is 5.69 Å². The second-order valence-corrected chi connectivity index (χ2v) is 8.55. The molecule has 2 aromatic rings. The van der Waals surface area contributed by atoms with Crippen molar-refractivity contribution < 1.29 is 154 Å². The normalized spacial score (nSPS) is 11.7. The Morgan fingerprint density at radius 2 is 1.42 bits per heavy atom. The van der Waals surface area contributed by atoms with Gasteiger partial charge in [-0.25, -0.2) is 18.9 Å². The first-order valence-electron chi connectivity index (χ1n) is 11.1. The molecule has 4 atom stereocenters. The number of halogens is 3. The van der Waals surface area contributed by atoms with Crippen LogP contribution in [0.2, 0.25) is 10.0 Å². The van der Waals surface area contributed by atoms with Gasteiger partial charge in [0.25, 0.3) is 6.47 Å². The molecule has 2 aromatic carbocycles. The maximum atomic E-state index is 12.7. The number of nitrogens with zero attached hydrogens (tertiary/aromatic N) is 2. The zero-order chi connectivity index (χ0) is 32.4. The third kappa shape index (κ3) is 18.7. The van der Waals surface area contributed by atoms with Crippen molar-refractivity contribution in [1.29, 1.82) is 0 Å². The van der Waals surface area contributed by atoms with Crippen LogP contribution in [0.15, 0.2) is 24.3 Å². The van der Waals surface area contributed by atoms with E-state index in [0.717, 1.165) is 0 Å². The van der Waals surface area contributed by atoms with E-state index in [1.807, 2.05) is 0 Å². The summed E-state index contributed by atoms with van der Waals surface area (Å²) in [6, 6.07) is 3.42. The predicted molar refractivity (Wildman–Crippen MR) is 147 cm³/mol. The summed E-state index contributed by atoms with van der Waals surface area (Å²) < 4.78 is 12.7. The monoisotopic (exact) mass is 696 g/mol. The molecule has 0 radical (unpaired) electrons. The van der Waals surface area contributed by atoms with E-state index in [1.165, 1.54) is 32.0 Å². The van der Waals surface area contributed by atoms with Gasteiger partial charge in [0.05, 0.1) is 35.4 Å². The van der Waals surface area contributed by atoms with Gasteiger partial charge < -0.3 is 43.0 Å². The van der Waals surface area contributed by atoms with Gasteiger partial charge >= 0.3 is 115 Å². The molecule has 0 bridgehead atoms. The van der Waals surface area contributed by atoms with E-state index in [-0.39, 0.29) is 127 Å². The van der Waals surface area contributed by atoms with Crippen LogP contribution in [0.3, 0.4) is 0 Å². The number of aliphatic carboxylic acids is 2. The third-order valence-corrected chi connectivity index (χ3v) is 5.76. The van der Waals surface area contributed by atoms with E-state index in [2.05, 4.69) is 19.9 Å². The Labute approximate surface area is 344 Å². The summed E-state index contributed by atoms with van der Waals surface area (Å²) in [6.45, 7) is 19.4. The number of nitrogens with one attached hydrogen (secondary N) is 1. The van der Waals surface area contributed by atoms with Crippen molar-refractivity contribution in [3.8, 4) is 0 Å². The Morgan fingerprint density at radius 3 is 1.72 bits per heavy atom. The average Bonchev–Trinajstić information content (AvgIpc) is 2.92. The number of hydrogen-bond acceptors (Lipinski definition) is 9. The van der Waals surface area contributed by atoms with Crippen LogP contribution >= 0.6 is 23.2 Å². The minimum Gasteiger partial charge on any atom is -1.00 e. The van der Waals surface area contributed by atoms with Crippen LogP contribution in [0.25, 0.3) is 9.69 Å². The average molecular weight is 698 g/mol. The molecule has 13 nitrogen and oxygen atoms in total. The van der Waals surface area contributed by atoms with Gasteiger partial charge in [0.1, 0.15) is 11.9 Å². The van der Waals surface area contributed by atoms with E-state index in [4.69, 9.17) is 67.5 Å². The quantitative estimate of drug-likeness (QED) is 0.0569. The van der Waals surface area contributed by atoms with Crippen LogP contribution in [-0.4, -0.2) is 63.1 Å². The standard InChI is InChI=1S/C12H13ClN2O3.C8H5ClFN.C4H9NO3.CH2O3.2K.H/c1-6-8(4-5-9(14-3)10(6)13)15-11(7(2)16)12(17)18;1-5-6(10)3-4-7(11-2)8(5)9;1-2(6)3(5)4(7)8;2-1-4-3;;;/h4-5,7,11,15-16H,1-2H3,(H,17,18);3-4H,1H3;2-3,6H,5H2,1H3,(H,7,8);1,3H;;;/q;;;;2*+1;-1/p-1/t7-,11-;;2-,3-;;;;/m1.1..../s1. The first kappa shape index (κ1) is 49.1. The van der Waals surface area contributed by atoms with Crippen LogP contribution < -0.4 is 119 Å². The predicted octanol–water partition coefficient (Wildman–Crippen LogP) is -2.88. The first-order chi connectivity index (χ1) is 19.0. The fourth-order valence-electron chi connectivity index (χ4n) is 2.41. The second-order valence-electron chi connectivity index (χ2n) is 7.80. The molecular weight excluding hydrogens is 668 g/mol. The molecule has 43 heavy (non-hydrogen) atoms. The van der Waals surface area contributed by atoms with Crippen LogP contribution in [0.1, 0.15) is 26.4 Å². The Balaban J connectivity index is -0.000000168. The Hall–Kier alpha value is -0.747. The molecule has 0 amide bonds. The molecule has 0 aliphatic heterocycles. The fraction of sp³-hybridized carbons (Fsp3) is 0.320. The number of carbonyl (C=O) groups excluding carboxylic acids is 1. The zero-order valence-electron chi connectivity index (χ0n) is 25.1. The van der Waals surface area contributed by atoms with E-state index in [9.17, 15) is 19.1 Å². The second kappa shape index (κ2) is 26.5. The van der Waals surface area contributed by atoms with Crippen LogP contribution in [0.5, 0.6) is 0 Å². The number of nitrogens with two attached hydrogens (primary N) is 1. The summed E-state index contributed by atoms with van der Waals surface area (Å²) >= 11 is 11.6. The molecule has 18 heteroatoms. The summed E-state index contributed by atoms with van der Waals surface area (Å²) in [6.07, 6.45) is -2.03. The van der Waals surface area contributed by atoms with E-state index in [1.54, 1.807) is 19.9 Å². The van der Waals surface area contributed by atoms with Crippen molar-refractivity contribution in [2.45, 2.75) is 52.0 Å². The molecule has 0 unspecified atom stereocenters. The Bertz CT molecular complexity index is 1280. The van der Waals surface area contributed by atoms with E-state index < -0.39 is 36.2 Å². The molecule has 2 rings (SSSR count). The smallest absolute Gasteiger partial charge is 1.00 e. The largest absolute Gasteiger partial charge is 1.00 e. The van der Waals surface area contributed by atoms with Gasteiger partial charge in [0.2, 0.25) is 11.4 Å². The SMILES string of the molecule is C[C@@H](O)[C@@H](N)C(=O)O.O=CO[O-].[C-]#[N+]c1ccc(F)c(C)c1Cl.[C-]#[N+]c1ccc(N[C@@H](C(=O)O)[C@@H](C)O)c(C)c1Cl.[H-].[K+].[K+]. The number of carbonyl (C=O) groups is 3. The molecule has 0 aliphatic carbocycles. The Kier molecular flexibility index (Phi) is 30.2. The molecule has 0 heterocycles. The van der Waals surface area contributed by atoms with Gasteiger partial charge in [-0.2, -0.15) is 0 Å². The van der Waals surface area contributed by atoms with Crippen molar-refractivity contribution in [3.05, 3.63) is 74.1 Å². The van der Waals surface area contributed by atoms with Crippen molar-refractivity contribution >= 4 is 58.7 Å². The van der Waals surface area contributed by atoms with E-state index >= 15 is 0 Å². The molecule has 0 aliphatic rings. The number of benzene rings is 2. The zero-order valence-corrected chi connectivity index (χ0v) is 31.9. The molecule has 0 aromatic heterocycles. The van der Waals surface area contributed by atoms with Gasteiger partial charge in [-0.3, -0.25) is 9.59 Å². The summed E-state index contributed by atoms with van der Waals surface area (Å²) in [5.41, 5.74) is 6.92. The molecule has 0 saturated carbocycles. The van der Waals surface area contributed by atoms with Crippen LogP contribution in [0, 0.1) is 32.8 Å². The number of hydrogen-bond donors (Lipinski definition) is 6. The topological polar surface area (TPSA) is 211 Å². The van der Waals surface area contributed by atoms with Crippen molar-refractivity contribution in [2.24, 2.45) is 5.73 Å². The third-order valence-electron chi connectivity index (χ3n) is 4.81. The summed E-state index contributed by atoms with van der Waals surface area (Å²) in [5.74, 6) is -2.71. The van der Waals surface area contributed by atoms with Gasteiger partial charge in [-0.1, -0.05) is 35.3 Å². The van der Waals surface area contributed by atoms with Crippen molar-refractivity contribution in [2.75, 3.05) is 5.32 Å². The van der Waals surface area contributed by atoms with Crippen LogP contribution in [-0.2, 0) is 19.3 Å². The van der Waals surface area contributed by atoms with Crippen molar-refractivity contribution in [1.82, 2.24) is 0 Å². The molecule has 226 valence electrons. The van der Waals surface area contributed by atoms with E-state index in [0.29, 0.717) is 28.2 Å². The number of anilines is 1. The number of aliphatic hydroxyl groups is 2. The summed E-state index contributed by atoms with van der Waals surface area (Å²) in [4.78, 5) is 38.4. The number of rotatable bonds is 7. The first-order valence-corrected chi connectivity index (χ1v) is 11.8. The summed E-state index contributed by atoms with van der Waals surface area (Å²) in [5, 5.41) is 46.5. The molecule has 0 saturated heterocycles. The van der Waals surface area contributed by atoms with Gasteiger partial charge in [0.15, 0.2) is 6.04 Å². The maximum Gasteiger partial charge on any atom is 1.00 e. The fourth-order valence-corrected chi connectivity index (χ4v) is 2.81. The number of aliphatic hydroxyl groups excluding tert-OH is 2. The minimum absolute atomic E-state index is 0. The number of carboxylic acids is 2.